The molecule has 4 amide bonds. The summed E-state index contributed by atoms with van der Waals surface area (Å²) >= 11 is 0. The third-order valence-corrected chi connectivity index (χ3v) is 4.56. The molecule has 1 saturated heterocycles. The van der Waals surface area contributed by atoms with Crippen molar-refractivity contribution in [2.75, 3.05) is 0 Å². The molecule has 0 bridgehead atoms. The average molecular weight is 354 g/mol. The molecule has 0 aliphatic carbocycles. The van der Waals surface area contributed by atoms with Gasteiger partial charge in [-0.15, -0.1) is 0 Å². The van der Waals surface area contributed by atoms with Crippen LogP contribution in [0.4, 0.5) is 0 Å². The highest BCUT2D eigenvalue weighted by atomic mass is 16.3. The van der Waals surface area contributed by atoms with E-state index < -0.39 is 29.7 Å². The van der Waals surface area contributed by atoms with Gasteiger partial charge in [-0.05, 0) is 24.1 Å². The highest BCUT2D eigenvalue weighted by Crippen LogP contribution is 2.36. The number of rotatable bonds is 2. The Morgan fingerprint density at radius 2 is 1.92 bits per heavy atom. The molecule has 2 N–H and O–H groups in total. The van der Waals surface area contributed by atoms with E-state index in [4.69, 9.17) is 0 Å². The highest BCUT2D eigenvalue weighted by molar-refractivity contribution is 6.25. The lowest BCUT2D eigenvalue weighted by Gasteiger charge is -2.27. The van der Waals surface area contributed by atoms with Gasteiger partial charge in [-0.2, -0.15) is 5.10 Å². The molecule has 2 aromatic rings. The molecular formula is C17H14N4O5. The number of aryl methyl sites for hydroxylation is 1. The van der Waals surface area contributed by atoms with Crippen molar-refractivity contribution in [2.45, 2.75) is 18.9 Å². The first-order valence-electron chi connectivity index (χ1n) is 7.94. The van der Waals surface area contributed by atoms with Crippen molar-refractivity contribution in [3.05, 3.63) is 35.7 Å². The summed E-state index contributed by atoms with van der Waals surface area (Å²) in [7, 11) is 1.73. The first-order valence-corrected chi connectivity index (χ1v) is 7.94. The lowest BCUT2D eigenvalue weighted by atomic mass is 10.0. The maximum atomic E-state index is 12.8. The summed E-state index contributed by atoms with van der Waals surface area (Å²) in [6.45, 7) is 0. The molecule has 9 nitrogen and oxygen atoms in total. The lowest BCUT2D eigenvalue weighted by molar-refractivity contribution is -0.136. The summed E-state index contributed by atoms with van der Waals surface area (Å²) in [5.41, 5.74) is 1.09. The van der Waals surface area contributed by atoms with E-state index in [0.717, 1.165) is 4.90 Å². The predicted octanol–water partition coefficient (Wildman–Crippen LogP) is 0.194. The second-order valence-corrected chi connectivity index (χ2v) is 6.27. The molecule has 1 fully saturated rings. The quantitative estimate of drug-likeness (QED) is 0.743. The number of fused-ring (bicyclic) bond motifs is 1. The van der Waals surface area contributed by atoms with Gasteiger partial charge >= 0.3 is 0 Å². The van der Waals surface area contributed by atoms with Gasteiger partial charge < -0.3 is 5.11 Å². The second-order valence-electron chi connectivity index (χ2n) is 6.27. The number of hydrogen-bond donors (Lipinski definition) is 2. The van der Waals surface area contributed by atoms with Gasteiger partial charge in [-0.25, -0.2) is 0 Å². The Hall–Kier alpha value is -3.49. The molecule has 2 aliphatic rings. The number of amides is 4. The van der Waals surface area contributed by atoms with E-state index in [9.17, 15) is 24.3 Å². The van der Waals surface area contributed by atoms with Crippen molar-refractivity contribution in [3.8, 4) is 16.9 Å². The van der Waals surface area contributed by atoms with E-state index in [1.807, 2.05) is 0 Å². The standard InChI is InChI=1S/C17H14N4O5/c1-20-7-9(6-18-20)8-4-10-14(12(22)5-8)17(26)21(16(10)25)11-2-3-13(23)19-15(11)24/h4-7,11,22H,2-3H2,1H3,(H,19,23,24). The minimum Gasteiger partial charge on any atom is -0.507 e. The van der Waals surface area contributed by atoms with Gasteiger partial charge in [-0.1, -0.05) is 0 Å². The molecule has 1 unspecified atom stereocenters. The topological polar surface area (TPSA) is 122 Å². The molecule has 0 radical (unpaired) electrons. The van der Waals surface area contributed by atoms with Gasteiger partial charge in [0.25, 0.3) is 11.8 Å². The number of carbonyl (C=O) groups excluding carboxylic acids is 4. The molecule has 0 saturated carbocycles. The van der Waals surface area contributed by atoms with Gasteiger partial charge in [-0.3, -0.25) is 34.1 Å². The van der Waals surface area contributed by atoms with Crippen molar-refractivity contribution in [1.29, 1.82) is 0 Å². The van der Waals surface area contributed by atoms with Gasteiger partial charge in [0.2, 0.25) is 11.8 Å². The fourth-order valence-corrected chi connectivity index (χ4v) is 3.31. The Bertz CT molecular complexity index is 993. The molecule has 26 heavy (non-hydrogen) atoms. The third kappa shape index (κ3) is 2.28. The van der Waals surface area contributed by atoms with Crippen LogP contribution < -0.4 is 5.32 Å². The maximum Gasteiger partial charge on any atom is 0.266 e. The van der Waals surface area contributed by atoms with Crippen LogP contribution in [0.2, 0.25) is 0 Å². The average Bonchev–Trinajstić information content (AvgIpc) is 3.11. The number of imide groups is 2. The van der Waals surface area contributed by atoms with E-state index in [2.05, 4.69) is 10.4 Å². The van der Waals surface area contributed by atoms with E-state index >= 15 is 0 Å². The number of carbonyl (C=O) groups is 4. The first-order chi connectivity index (χ1) is 12.4. The van der Waals surface area contributed by atoms with Crippen molar-refractivity contribution >= 4 is 23.6 Å². The van der Waals surface area contributed by atoms with Gasteiger partial charge in [0.05, 0.1) is 17.3 Å². The molecular weight excluding hydrogens is 340 g/mol. The fourth-order valence-electron chi connectivity index (χ4n) is 3.31. The van der Waals surface area contributed by atoms with Crippen LogP contribution in [-0.4, -0.2) is 49.5 Å². The molecule has 0 spiro atoms. The molecule has 1 atom stereocenters. The molecule has 1 aromatic carbocycles. The van der Waals surface area contributed by atoms with Crippen LogP contribution in [0.3, 0.4) is 0 Å². The van der Waals surface area contributed by atoms with E-state index in [-0.39, 0.29) is 29.7 Å². The molecule has 3 heterocycles. The summed E-state index contributed by atoms with van der Waals surface area (Å²) in [5.74, 6) is -2.88. The summed E-state index contributed by atoms with van der Waals surface area (Å²) < 4.78 is 1.57. The van der Waals surface area contributed by atoms with Gasteiger partial charge in [0.15, 0.2) is 0 Å². The summed E-state index contributed by atoms with van der Waals surface area (Å²) in [5, 5.41) is 16.5. The van der Waals surface area contributed by atoms with E-state index in [1.165, 1.54) is 12.1 Å². The van der Waals surface area contributed by atoms with Gasteiger partial charge in [0, 0.05) is 25.2 Å². The zero-order valence-corrected chi connectivity index (χ0v) is 13.7. The predicted molar refractivity (Wildman–Crippen MR) is 87.0 cm³/mol. The van der Waals surface area contributed by atoms with Crippen LogP contribution in [0.5, 0.6) is 5.75 Å². The summed E-state index contributed by atoms with van der Waals surface area (Å²) in [6.07, 6.45) is 3.38. The molecule has 132 valence electrons. The maximum absolute atomic E-state index is 12.8. The first kappa shape index (κ1) is 16.0. The molecule has 2 aliphatic heterocycles. The zero-order chi connectivity index (χ0) is 18.6. The van der Waals surface area contributed by atoms with Crippen molar-refractivity contribution in [2.24, 2.45) is 7.05 Å². The number of phenolic OH excluding ortho intramolecular Hbond substituents is 1. The number of aromatic nitrogens is 2. The Kier molecular flexibility index (Phi) is 3.39. The number of aromatic hydroxyl groups is 1. The Morgan fingerprint density at radius 1 is 1.15 bits per heavy atom. The minimum atomic E-state index is -1.07. The van der Waals surface area contributed by atoms with Crippen molar-refractivity contribution in [1.82, 2.24) is 20.0 Å². The van der Waals surface area contributed by atoms with Crippen LogP contribution in [-0.2, 0) is 16.6 Å². The SMILES string of the molecule is Cn1cc(-c2cc(O)c3c(c2)C(=O)N(C2CCC(=O)NC2=O)C3=O)cn1. The number of benzene rings is 1. The smallest absolute Gasteiger partial charge is 0.266 e. The molecule has 9 heteroatoms. The Labute approximate surface area is 147 Å². The minimum absolute atomic E-state index is 0.0264. The number of hydrogen-bond acceptors (Lipinski definition) is 6. The van der Waals surface area contributed by atoms with Gasteiger partial charge in [0.1, 0.15) is 11.8 Å². The van der Waals surface area contributed by atoms with E-state index in [1.54, 1.807) is 24.1 Å². The number of phenols is 1. The number of nitrogens with one attached hydrogen (secondary N) is 1. The Morgan fingerprint density at radius 3 is 2.58 bits per heavy atom. The van der Waals surface area contributed by atoms with Crippen LogP contribution >= 0.6 is 0 Å². The second kappa shape index (κ2) is 5.51. The zero-order valence-electron chi connectivity index (χ0n) is 13.7. The lowest BCUT2D eigenvalue weighted by Crippen LogP contribution is -2.54. The van der Waals surface area contributed by atoms with Crippen LogP contribution in [0.25, 0.3) is 11.1 Å². The van der Waals surface area contributed by atoms with Crippen molar-refractivity contribution in [3.63, 3.8) is 0 Å². The highest BCUT2D eigenvalue weighted by Gasteiger charge is 2.46. The normalized spacial score (nSPS) is 19.7. The molecule has 1 aromatic heterocycles. The van der Waals surface area contributed by atoms with Crippen molar-refractivity contribution < 1.29 is 24.3 Å². The monoisotopic (exact) mass is 354 g/mol. The van der Waals surface area contributed by atoms with Crippen LogP contribution in [0.1, 0.15) is 33.6 Å². The summed E-state index contributed by atoms with van der Waals surface area (Å²) in [6, 6.07) is 1.81. The molecule has 4 rings (SSSR count). The Balaban J connectivity index is 1.75. The largest absolute Gasteiger partial charge is 0.507 e. The summed E-state index contributed by atoms with van der Waals surface area (Å²) in [4.78, 5) is 49.6. The number of piperidine rings is 1. The third-order valence-electron chi connectivity index (χ3n) is 4.56. The fraction of sp³-hybridized carbons (Fsp3) is 0.235. The van der Waals surface area contributed by atoms with Crippen LogP contribution in [0.15, 0.2) is 24.5 Å². The number of nitrogens with zero attached hydrogens (tertiary/aromatic N) is 3. The van der Waals surface area contributed by atoms with E-state index in [0.29, 0.717) is 11.1 Å². The van der Waals surface area contributed by atoms with Crippen LogP contribution in [0, 0.1) is 0 Å².